The summed E-state index contributed by atoms with van der Waals surface area (Å²) in [6.07, 6.45) is 2.97. The maximum absolute atomic E-state index is 6.61. The van der Waals surface area contributed by atoms with Gasteiger partial charge in [0.25, 0.3) is 0 Å². The van der Waals surface area contributed by atoms with Gasteiger partial charge in [-0.3, -0.25) is 0 Å². The molecule has 0 bridgehead atoms. The molecule has 2 nitrogen and oxygen atoms in total. The Morgan fingerprint density at radius 2 is 1.62 bits per heavy atom. The molecule has 0 saturated heterocycles. The van der Waals surface area contributed by atoms with Crippen LogP contribution in [0.4, 0.5) is 0 Å². The van der Waals surface area contributed by atoms with E-state index in [0.717, 1.165) is 29.0 Å². The summed E-state index contributed by atoms with van der Waals surface area (Å²) in [6, 6.07) is 14.3. The minimum absolute atomic E-state index is 0.182. The number of rotatable bonds is 3. The van der Waals surface area contributed by atoms with Gasteiger partial charge in [0, 0.05) is 11.3 Å². The third-order valence-corrected chi connectivity index (χ3v) is 4.72. The lowest BCUT2D eigenvalue weighted by Gasteiger charge is -2.14. The first-order valence-corrected chi connectivity index (χ1v) is 8.61. The molecule has 0 N–H and O–H groups in total. The average Bonchev–Trinajstić information content (AvgIpc) is 2.79. The molecule has 0 fully saturated rings. The predicted octanol–water partition coefficient (Wildman–Crippen LogP) is 4.90. The summed E-state index contributed by atoms with van der Waals surface area (Å²) in [7, 11) is 0. The molecule has 0 aromatic heterocycles. The standard InChI is InChI=1S/C17H17ClO2S/c1-21-14-6-3-12(4-7-14)17(18)13-5-8-15-16(11-13)20-10-2-9-19-15/h3-8,11,17H,2,9-10H2,1H3. The number of thioether (sulfide) groups is 1. The van der Waals surface area contributed by atoms with Gasteiger partial charge in [-0.25, -0.2) is 0 Å². The number of ether oxygens (including phenoxy) is 2. The number of hydrogen-bond acceptors (Lipinski definition) is 3. The summed E-state index contributed by atoms with van der Waals surface area (Å²) in [5.41, 5.74) is 2.11. The Balaban J connectivity index is 1.86. The fraction of sp³-hybridized carbons (Fsp3) is 0.294. The molecule has 4 heteroatoms. The summed E-state index contributed by atoms with van der Waals surface area (Å²) in [5, 5.41) is -0.182. The first kappa shape index (κ1) is 14.6. The van der Waals surface area contributed by atoms with Crippen LogP contribution in [-0.4, -0.2) is 19.5 Å². The van der Waals surface area contributed by atoms with E-state index in [4.69, 9.17) is 21.1 Å². The quantitative estimate of drug-likeness (QED) is 0.592. The Bertz CT molecular complexity index is 613. The maximum Gasteiger partial charge on any atom is 0.161 e. The fourth-order valence-corrected chi connectivity index (χ4v) is 2.99. The first-order chi connectivity index (χ1) is 10.3. The van der Waals surface area contributed by atoms with Crippen LogP contribution in [0.3, 0.4) is 0 Å². The second-order valence-electron chi connectivity index (χ2n) is 4.89. The van der Waals surface area contributed by atoms with Gasteiger partial charge in [-0.15, -0.1) is 23.4 Å². The molecule has 1 unspecified atom stereocenters. The molecular weight excluding hydrogens is 304 g/mol. The van der Waals surface area contributed by atoms with Gasteiger partial charge >= 0.3 is 0 Å². The second kappa shape index (κ2) is 6.63. The van der Waals surface area contributed by atoms with Crippen molar-refractivity contribution in [3.63, 3.8) is 0 Å². The molecule has 2 aromatic carbocycles. The molecule has 2 aromatic rings. The molecule has 0 saturated carbocycles. The van der Waals surface area contributed by atoms with E-state index in [0.29, 0.717) is 13.2 Å². The van der Waals surface area contributed by atoms with Crippen molar-refractivity contribution in [2.75, 3.05) is 19.5 Å². The molecule has 3 rings (SSSR count). The molecule has 1 aliphatic rings. The van der Waals surface area contributed by atoms with Crippen molar-refractivity contribution in [3.8, 4) is 11.5 Å². The third-order valence-electron chi connectivity index (χ3n) is 3.47. The molecule has 1 aliphatic heterocycles. The summed E-state index contributed by atoms with van der Waals surface area (Å²) >= 11 is 8.33. The van der Waals surface area contributed by atoms with Crippen LogP contribution in [0.1, 0.15) is 22.9 Å². The predicted molar refractivity (Wildman–Crippen MR) is 88.0 cm³/mol. The number of halogens is 1. The topological polar surface area (TPSA) is 18.5 Å². The number of fused-ring (bicyclic) bond motifs is 1. The van der Waals surface area contributed by atoms with Crippen LogP contribution >= 0.6 is 23.4 Å². The maximum atomic E-state index is 6.61. The van der Waals surface area contributed by atoms with Gasteiger partial charge < -0.3 is 9.47 Å². The van der Waals surface area contributed by atoms with E-state index < -0.39 is 0 Å². The van der Waals surface area contributed by atoms with E-state index in [2.05, 4.69) is 30.5 Å². The Kier molecular flexibility index (Phi) is 4.61. The van der Waals surface area contributed by atoms with Crippen molar-refractivity contribution in [3.05, 3.63) is 53.6 Å². The zero-order valence-electron chi connectivity index (χ0n) is 11.8. The Morgan fingerprint density at radius 1 is 0.952 bits per heavy atom. The highest BCUT2D eigenvalue weighted by molar-refractivity contribution is 7.98. The van der Waals surface area contributed by atoms with Crippen LogP contribution in [-0.2, 0) is 0 Å². The van der Waals surface area contributed by atoms with E-state index in [-0.39, 0.29) is 5.38 Å². The van der Waals surface area contributed by atoms with Crippen molar-refractivity contribution in [2.45, 2.75) is 16.7 Å². The van der Waals surface area contributed by atoms with Gasteiger partial charge in [0.15, 0.2) is 11.5 Å². The molecule has 1 heterocycles. The highest BCUT2D eigenvalue weighted by Crippen LogP contribution is 2.36. The minimum atomic E-state index is -0.182. The van der Waals surface area contributed by atoms with Gasteiger partial charge in [-0.05, 0) is 41.6 Å². The lowest BCUT2D eigenvalue weighted by molar-refractivity contribution is 0.297. The first-order valence-electron chi connectivity index (χ1n) is 6.95. The van der Waals surface area contributed by atoms with Crippen molar-refractivity contribution in [1.82, 2.24) is 0 Å². The van der Waals surface area contributed by atoms with Crippen LogP contribution in [0.15, 0.2) is 47.4 Å². The Labute approximate surface area is 134 Å². The van der Waals surface area contributed by atoms with Gasteiger partial charge in [0.2, 0.25) is 0 Å². The van der Waals surface area contributed by atoms with Crippen LogP contribution < -0.4 is 9.47 Å². The van der Waals surface area contributed by atoms with Gasteiger partial charge in [-0.2, -0.15) is 0 Å². The Morgan fingerprint density at radius 3 is 2.33 bits per heavy atom. The van der Waals surface area contributed by atoms with E-state index in [1.807, 2.05) is 18.2 Å². The summed E-state index contributed by atoms with van der Waals surface area (Å²) in [6.45, 7) is 1.39. The molecule has 0 aliphatic carbocycles. The zero-order chi connectivity index (χ0) is 14.7. The summed E-state index contributed by atoms with van der Waals surface area (Å²) in [5.74, 6) is 1.59. The second-order valence-corrected chi connectivity index (χ2v) is 6.21. The Hall–Kier alpha value is -1.32. The normalized spacial score (nSPS) is 15.3. The molecular formula is C17H17ClO2S. The molecule has 0 spiro atoms. The molecule has 21 heavy (non-hydrogen) atoms. The van der Waals surface area contributed by atoms with Crippen LogP contribution in [0.25, 0.3) is 0 Å². The zero-order valence-corrected chi connectivity index (χ0v) is 13.4. The monoisotopic (exact) mass is 320 g/mol. The van der Waals surface area contributed by atoms with Crippen LogP contribution in [0.5, 0.6) is 11.5 Å². The van der Waals surface area contributed by atoms with Gasteiger partial charge in [0.1, 0.15) is 0 Å². The smallest absolute Gasteiger partial charge is 0.161 e. The van der Waals surface area contributed by atoms with Crippen molar-refractivity contribution >= 4 is 23.4 Å². The number of alkyl halides is 1. The largest absolute Gasteiger partial charge is 0.490 e. The number of benzene rings is 2. The fourth-order valence-electron chi connectivity index (χ4n) is 2.30. The van der Waals surface area contributed by atoms with E-state index in [9.17, 15) is 0 Å². The minimum Gasteiger partial charge on any atom is -0.490 e. The number of hydrogen-bond donors (Lipinski definition) is 0. The molecule has 110 valence electrons. The molecule has 0 amide bonds. The summed E-state index contributed by atoms with van der Waals surface area (Å²) in [4.78, 5) is 1.24. The molecule has 0 radical (unpaired) electrons. The van der Waals surface area contributed by atoms with E-state index in [1.54, 1.807) is 11.8 Å². The van der Waals surface area contributed by atoms with Gasteiger partial charge in [0.05, 0.1) is 18.6 Å². The van der Waals surface area contributed by atoms with Crippen LogP contribution in [0.2, 0.25) is 0 Å². The van der Waals surface area contributed by atoms with E-state index >= 15 is 0 Å². The van der Waals surface area contributed by atoms with Gasteiger partial charge in [-0.1, -0.05) is 18.2 Å². The van der Waals surface area contributed by atoms with Crippen molar-refractivity contribution in [1.29, 1.82) is 0 Å². The lowest BCUT2D eigenvalue weighted by Crippen LogP contribution is -1.97. The van der Waals surface area contributed by atoms with Crippen molar-refractivity contribution in [2.24, 2.45) is 0 Å². The van der Waals surface area contributed by atoms with Crippen LogP contribution in [0, 0.1) is 0 Å². The summed E-state index contributed by atoms with van der Waals surface area (Å²) < 4.78 is 11.4. The third kappa shape index (κ3) is 3.30. The highest BCUT2D eigenvalue weighted by Gasteiger charge is 2.16. The van der Waals surface area contributed by atoms with E-state index in [1.165, 1.54) is 4.90 Å². The highest BCUT2D eigenvalue weighted by atomic mass is 35.5. The lowest BCUT2D eigenvalue weighted by atomic mass is 10.0. The molecule has 1 atom stereocenters. The SMILES string of the molecule is CSc1ccc(C(Cl)c2ccc3c(c2)OCCCO3)cc1. The van der Waals surface area contributed by atoms with Crippen molar-refractivity contribution < 1.29 is 9.47 Å². The average molecular weight is 321 g/mol.